The molecule has 0 unspecified atom stereocenters. The molecule has 4 aromatic rings. The van der Waals surface area contributed by atoms with Crippen LogP contribution < -0.4 is 11.3 Å². The van der Waals surface area contributed by atoms with Crippen molar-refractivity contribution in [1.82, 2.24) is 0 Å². The third-order valence-corrected chi connectivity index (χ3v) is 5.55. The predicted molar refractivity (Wildman–Crippen MR) is 90.4 cm³/mol. The molecular weight excluding hydrogens is 344 g/mol. The van der Waals surface area contributed by atoms with Gasteiger partial charge in [0, 0.05) is 22.9 Å². The molecule has 0 atom stereocenters. The van der Waals surface area contributed by atoms with E-state index in [1.54, 1.807) is 0 Å². The molecule has 0 radical (unpaired) electrons. The van der Waals surface area contributed by atoms with E-state index in [1.807, 2.05) is 0 Å². The van der Waals surface area contributed by atoms with Crippen LogP contribution in [0.15, 0.2) is 88.9 Å². The lowest BCUT2D eigenvalue weighted by molar-refractivity contribution is 0.560. The van der Waals surface area contributed by atoms with E-state index in [0.29, 0.717) is 21.9 Å². The molecule has 0 fully saturated rings. The second-order valence-electron chi connectivity index (χ2n) is 5.41. The first-order chi connectivity index (χ1) is 11.9. The zero-order valence-electron chi connectivity index (χ0n) is 12.6. The highest BCUT2D eigenvalue weighted by molar-refractivity contribution is 7.91. The van der Waals surface area contributed by atoms with Crippen molar-refractivity contribution in [2.24, 2.45) is 0 Å². The summed E-state index contributed by atoms with van der Waals surface area (Å²) in [5.74, 6) is 0. The molecule has 0 aliphatic heterocycles. The van der Waals surface area contributed by atoms with Crippen molar-refractivity contribution in [1.29, 1.82) is 0 Å². The minimum Gasteiger partial charge on any atom is -0.423 e. The zero-order valence-corrected chi connectivity index (χ0v) is 13.4. The lowest BCUT2D eigenvalue weighted by atomic mass is 10.2. The van der Waals surface area contributed by atoms with Crippen LogP contribution in [0, 0.1) is 0 Å². The Morgan fingerprint density at radius 3 is 1.48 bits per heavy atom. The summed E-state index contributed by atoms with van der Waals surface area (Å²) >= 11 is 0. The van der Waals surface area contributed by atoms with Crippen LogP contribution >= 0.6 is 0 Å². The normalized spacial score (nSPS) is 11.8. The second kappa shape index (κ2) is 5.42. The highest BCUT2D eigenvalue weighted by atomic mass is 32.2. The molecule has 7 heteroatoms. The van der Waals surface area contributed by atoms with E-state index < -0.39 is 21.1 Å². The molecule has 0 amide bonds. The molecule has 4 rings (SSSR count). The van der Waals surface area contributed by atoms with E-state index in [-0.39, 0.29) is 9.79 Å². The van der Waals surface area contributed by atoms with Gasteiger partial charge in [0.1, 0.15) is 11.2 Å². The first kappa shape index (κ1) is 15.3. The van der Waals surface area contributed by atoms with E-state index >= 15 is 0 Å². The fourth-order valence-electron chi connectivity index (χ4n) is 2.57. The van der Waals surface area contributed by atoms with Gasteiger partial charge in [0.15, 0.2) is 0 Å². The van der Waals surface area contributed by atoms with Gasteiger partial charge in [-0.1, -0.05) is 0 Å². The van der Waals surface area contributed by atoms with Gasteiger partial charge in [-0.2, -0.15) is 0 Å². The van der Waals surface area contributed by atoms with E-state index in [4.69, 9.17) is 8.83 Å². The molecule has 0 saturated heterocycles. The smallest absolute Gasteiger partial charge is 0.336 e. The van der Waals surface area contributed by atoms with Crippen LogP contribution in [0.1, 0.15) is 0 Å². The number of benzene rings is 2. The molecule has 6 nitrogen and oxygen atoms in total. The summed E-state index contributed by atoms with van der Waals surface area (Å²) < 4.78 is 35.8. The van der Waals surface area contributed by atoms with E-state index in [1.165, 1.54) is 60.7 Å². The van der Waals surface area contributed by atoms with Crippen molar-refractivity contribution < 1.29 is 17.3 Å². The van der Waals surface area contributed by atoms with Crippen LogP contribution in [0.2, 0.25) is 0 Å². The van der Waals surface area contributed by atoms with Gasteiger partial charge in [-0.3, -0.25) is 0 Å². The van der Waals surface area contributed by atoms with Crippen molar-refractivity contribution in [3.8, 4) is 0 Å². The maximum Gasteiger partial charge on any atom is 0.336 e. The topological polar surface area (TPSA) is 94.6 Å². The number of hydrogen-bond acceptors (Lipinski definition) is 6. The van der Waals surface area contributed by atoms with Crippen LogP contribution in [-0.4, -0.2) is 8.42 Å². The molecule has 25 heavy (non-hydrogen) atoms. The molecular formula is C18H10O6S. The Morgan fingerprint density at radius 1 is 0.600 bits per heavy atom. The summed E-state index contributed by atoms with van der Waals surface area (Å²) in [6, 6.07) is 14.0. The molecule has 0 aliphatic carbocycles. The summed E-state index contributed by atoms with van der Waals surface area (Å²) in [6.07, 6.45) is 0. The average molecular weight is 354 g/mol. The molecule has 2 aromatic heterocycles. The summed E-state index contributed by atoms with van der Waals surface area (Å²) in [5, 5.41) is 1.01. The van der Waals surface area contributed by atoms with Gasteiger partial charge in [-0.25, -0.2) is 18.0 Å². The van der Waals surface area contributed by atoms with Gasteiger partial charge in [0.05, 0.1) is 9.79 Å². The Kier molecular flexibility index (Phi) is 3.33. The Bertz CT molecular complexity index is 1250. The zero-order chi connectivity index (χ0) is 17.6. The molecule has 2 heterocycles. The number of hydrogen-bond donors (Lipinski definition) is 0. The van der Waals surface area contributed by atoms with E-state index in [0.717, 1.165) is 0 Å². The van der Waals surface area contributed by atoms with Crippen LogP contribution in [0.5, 0.6) is 0 Å². The third kappa shape index (κ3) is 2.64. The highest BCUT2D eigenvalue weighted by Crippen LogP contribution is 2.26. The SMILES string of the molecule is O=c1ccc2cc(S(=O)(=O)c3ccc4oc(=O)ccc4c3)ccc2o1. The lowest BCUT2D eigenvalue weighted by Crippen LogP contribution is -2.03. The first-order valence-electron chi connectivity index (χ1n) is 7.26. The molecule has 0 aliphatic rings. The number of rotatable bonds is 2. The molecule has 124 valence electrons. The van der Waals surface area contributed by atoms with Crippen LogP contribution in [-0.2, 0) is 9.84 Å². The Morgan fingerprint density at radius 2 is 1.04 bits per heavy atom. The second-order valence-corrected chi connectivity index (χ2v) is 7.36. The van der Waals surface area contributed by atoms with Crippen molar-refractivity contribution in [2.75, 3.05) is 0 Å². The summed E-state index contributed by atoms with van der Waals surface area (Å²) in [6.45, 7) is 0. The Labute approximate surface area is 140 Å². The van der Waals surface area contributed by atoms with Crippen molar-refractivity contribution in [3.05, 3.63) is 81.5 Å². The first-order valence-corrected chi connectivity index (χ1v) is 8.75. The van der Waals surface area contributed by atoms with Crippen molar-refractivity contribution in [3.63, 3.8) is 0 Å². The summed E-state index contributed by atoms with van der Waals surface area (Å²) in [4.78, 5) is 22.6. The molecule has 0 saturated carbocycles. The predicted octanol–water partition coefficient (Wildman–Crippen LogP) is 2.73. The van der Waals surface area contributed by atoms with Gasteiger partial charge < -0.3 is 8.83 Å². The van der Waals surface area contributed by atoms with Crippen molar-refractivity contribution in [2.45, 2.75) is 9.79 Å². The Balaban J connectivity index is 1.89. The molecule has 2 aromatic carbocycles. The number of fused-ring (bicyclic) bond motifs is 2. The van der Waals surface area contributed by atoms with Crippen LogP contribution in [0.25, 0.3) is 21.9 Å². The minimum absolute atomic E-state index is 0.0746. The summed E-state index contributed by atoms with van der Waals surface area (Å²) in [7, 11) is -3.78. The minimum atomic E-state index is -3.78. The fourth-order valence-corrected chi connectivity index (χ4v) is 3.90. The largest absolute Gasteiger partial charge is 0.423 e. The van der Waals surface area contributed by atoms with E-state index in [2.05, 4.69) is 0 Å². The van der Waals surface area contributed by atoms with Crippen LogP contribution in [0.4, 0.5) is 0 Å². The molecule has 0 N–H and O–H groups in total. The Hall–Kier alpha value is -3.19. The average Bonchev–Trinajstić information content (AvgIpc) is 2.60. The molecule has 0 bridgehead atoms. The maximum atomic E-state index is 12.9. The lowest BCUT2D eigenvalue weighted by Gasteiger charge is -2.06. The molecule has 0 spiro atoms. The van der Waals surface area contributed by atoms with Crippen LogP contribution in [0.3, 0.4) is 0 Å². The van der Waals surface area contributed by atoms with Gasteiger partial charge in [0.2, 0.25) is 9.84 Å². The highest BCUT2D eigenvalue weighted by Gasteiger charge is 2.19. The van der Waals surface area contributed by atoms with Crippen molar-refractivity contribution >= 4 is 31.8 Å². The quantitative estimate of drug-likeness (QED) is 0.514. The summed E-state index contributed by atoms with van der Waals surface area (Å²) in [5.41, 5.74) is -0.378. The maximum absolute atomic E-state index is 12.9. The van der Waals surface area contributed by atoms with Gasteiger partial charge in [-0.15, -0.1) is 0 Å². The monoisotopic (exact) mass is 354 g/mol. The van der Waals surface area contributed by atoms with Gasteiger partial charge in [-0.05, 0) is 48.5 Å². The third-order valence-electron chi connectivity index (χ3n) is 3.80. The standard InChI is InChI=1S/C18H10O6S/c19-17-7-1-11-9-13(3-5-15(11)23-17)25(21,22)14-4-6-16-12(10-14)2-8-18(20)24-16/h1-10H. The number of sulfone groups is 1. The van der Waals surface area contributed by atoms with Gasteiger partial charge in [0.25, 0.3) is 0 Å². The fraction of sp³-hybridized carbons (Fsp3) is 0. The van der Waals surface area contributed by atoms with E-state index in [9.17, 15) is 18.0 Å². The van der Waals surface area contributed by atoms with Gasteiger partial charge >= 0.3 is 11.3 Å².